The summed E-state index contributed by atoms with van der Waals surface area (Å²) in [5.74, 6) is 0. The van der Waals surface area contributed by atoms with Crippen LogP contribution >= 0.6 is 0 Å². The van der Waals surface area contributed by atoms with Crippen molar-refractivity contribution in [3.8, 4) is 89.0 Å². The van der Waals surface area contributed by atoms with Gasteiger partial charge in [0.1, 0.15) is 0 Å². The van der Waals surface area contributed by atoms with Crippen molar-refractivity contribution >= 4 is 84.2 Å². The van der Waals surface area contributed by atoms with Crippen LogP contribution in [0.3, 0.4) is 0 Å². The van der Waals surface area contributed by atoms with Gasteiger partial charge in [0.25, 0.3) is 0 Å². The lowest BCUT2D eigenvalue weighted by Gasteiger charge is -2.34. The molecule has 0 aromatic heterocycles. The van der Waals surface area contributed by atoms with Crippen LogP contribution in [-0.2, 0) is 25.7 Å². The Balaban J connectivity index is 0.000000162. The van der Waals surface area contributed by atoms with Crippen molar-refractivity contribution in [1.82, 2.24) is 0 Å². The fourth-order valence-corrected chi connectivity index (χ4v) is 32.8. The summed E-state index contributed by atoms with van der Waals surface area (Å²) in [4.78, 5) is 0. The van der Waals surface area contributed by atoms with Crippen LogP contribution in [0.15, 0.2) is 437 Å². The van der Waals surface area contributed by atoms with E-state index in [2.05, 4.69) is 504 Å². The number of benzene rings is 17. The molecule has 0 saturated carbocycles. The molecule has 0 nitrogen and oxygen atoms in total. The number of unbranched alkanes of at least 4 members (excludes halogenated alkanes) is 16. The van der Waals surface area contributed by atoms with Gasteiger partial charge in [0.15, 0.2) is 16.1 Å². The van der Waals surface area contributed by atoms with E-state index in [1.54, 1.807) is 10.4 Å². The SMILES string of the molecule is CCCCCCCCc1cc(-c2ccc(-c3ccccc3)cc2)c(CCCCCCCC)cc1-c1ccc(-c2ccccc2)cc1.CCCCCCc1cc(-c2ccc([Si](C)(C)C)cc2)c(CCCCCC)cc1-c1ccc([Si](C)(C)C)cc1.c1ccc([Si](c2ccccc2)(c2ccccc2)c2ccc(-c3ccc(-c4ccc([Si](c5ccccc5)(c5ccccc5)c5ccccc5)cc4)cc3)cc2)cc1. The molecule has 17 aromatic carbocycles. The summed E-state index contributed by atoms with van der Waals surface area (Å²) in [6, 6.07) is 164. The Kier molecular flexibility index (Phi) is 37.3. The highest BCUT2D eigenvalue weighted by molar-refractivity contribution is 7.20. The smallest absolute Gasteiger partial charge is 0.0656 e. The molecular weight excluding hydrogens is 1750 g/mol. The number of hydrogen-bond donors (Lipinski definition) is 0. The zero-order valence-corrected chi connectivity index (χ0v) is 89.5. The van der Waals surface area contributed by atoms with Crippen molar-refractivity contribution in [2.75, 3.05) is 0 Å². The first-order valence-corrected chi connectivity index (χ1v) is 64.1. The number of aryl methyl sites for hydroxylation is 4. The first-order valence-electron chi connectivity index (χ1n) is 53.1. The fraction of sp³-hybridized carbons (Fsp3) is 0.250. The first kappa shape index (κ1) is 102. The third kappa shape index (κ3) is 26.1. The van der Waals surface area contributed by atoms with E-state index in [0.717, 1.165) is 12.8 Å². The topological polar surface area (TPSA) is 0 Å². The molecule has 0 radical (unpaired) electrons. The zero-order valence-electron chi connectivity index (χ0n) is 85.5. The van der Waals surface area contributed by atoms with Crippen LogP contribution in [0.5, 0.6) is 0 Å². The van der Waals surface area contributed by atoms with Crippen LogP contribution in [0, 0.1) is 0 Å². The Hall–Kier alpha value is -12.4. The third-order valence-electron chi connectivity index (χ3n) is 29.0. The minimum Gasteiger partial charge on any atom is -0.0656 e. The summed E-state index contributed by atoms with van der Waals surface area (Å²) in [6.45, 7) is 23.9. The lowest BCUT2D eigenvalue weighted by molar-refractivity contribution is 0.606. The van der Waals surface area contributed by atoms with E-state index in [4.69, 9.17) is 0 Å². The van der Waals surface area contributed by atoms with Crippen molar-refractivity contribution in [3.63, 3.8) is 0 Å². The van der Waals surface area contributed by atoms with Crippen LogP contribution in [-0.4, -0.2) is 32.3 Å². The number of hydrogen-bond acceptors (Lipinski definition) is 0. The minimum atomic E-state index is -2.56. The Morgan fingerprint density at radius 2 is 0.279 bits per heavy atom. The highest BCUT2D eigenvalue weighted by atomic mass is 28.3. The van der Waals surface area contributed by atoms with Crippen molar-refractivity contribution < 1.29 is 0 Å². The molecule has 0 aliphatic rings. The lowest BCUT2D eigenvalue weighted by Crippen LogP contribution is -2.74. The fourth-order valence-electron chi connectivity index (χ4n) is 21.0. The van der Waals surface area contributed by atoms with Gasteiger partial charge in [-0.15, -0.1) is 0 Å². The van der Waals surface area contributed by atoms with Gasteiger partial charge >= 0.3 is 0 Å². The largest absolute Gasteiger partial charge is 0.179 e. The molecule has 17 rings (SSSR count). The molecule has 0 amide bonds. The maximum absolute atomic E-state index is 2.58. The number of rotatable bonds is 42. The molecule has 0 heterocycles. The van der Waals surface area contributed by atoms with Crippen LogP contribution in [0.1, 0.15) is 178 Å². The summed E-state index contributed by atoms with van der Waals surface area (Å²) in [6.07, 6.45) is 30.9. The highest BCUT2D eigenvalue weighted by Gasteiger charge is 2.43. The maximum Gasteiger partial charge on any atom is 0.179 e. The molecule has 140 heavy (non-hydrogen) atoms. The molecule has 0 fully saturated rings. The summed E-state index contributed by atoms with van der Waals surface area (Å²) in [5.41, 5.74) is 27.3. The van der Waals surface area contributed by atoms with E-state index >= 15 is 0 Å². The monoisotopic (exact) mass is 1900 g/mol. The molecule has 4 heteroatoms. The van der Waals surface area contributed by atoms with Crippen molar-refractivity contribution in [2.45, 2.75) is 221 Å². The van der Waals surface area contributed by atoms with Gasteiger partial charge in [-0.1, -0.05) is 617 Å². The van der Waals surface area contributed by atoms with Gasteiger partial charge in [0, 0.05) is 0 Å². The van der Waals surface area contributed by atoms with E-state index in [-0.39, 0.29) is 0 Å². The van der Waals surface area contributed by atoms with Gasteiger partial charge in [0.05, 0.1) is 16.1 Å². The predicted octanol–water partition coefficient (Wildman–Crippen LogP) is 32.3. The summed E-state index contributed by atoms with van der Waals surface area (Å²) < 4.78 is 0. The standard InChI is InChI=1S/C54H42Si2.C46H54.C36H54Si2/c1-7-19-47(20-8-1)55(48-21-9-2-10-22-48,49-23-11-3-12-24-49)53-39-35-45(36-40-53)43-31-33-44(34-32-43)46-37-41-54(42-38-46)56(50-25-13-4-14-26-50,51-27-15-5-16-28-51)52-29-17-6-18-30-52;1-3-5-7-9-11-15-25-43-35-46(42-33-29-40(30-34-42)38-23-19-14-20-24-38)44(26-16-12-10-8-6-4-2)36-45(43)41-31-27-39(28-32-41)37-21-17-13-18-22-37;1-9-11-13-15-17-31-27-36(30-21-25-34(26-22-30)38(6,7)8)32(18-16-14-12-10-2)28-35(31)29-19-23-33(24-20-29)37(3,4)5/h1-42H;13-14,17-24,27-36H,3-12,15-16,25-26H2,1-2H3;19-28H,9-18H2,1-8H3. The van der Waals surface area contributed by atoms with Crippen LogP contribution in [0.4, 0.5) is 0 Å². The van der Waals surface area contributed by atoms with E-state index in [1.807, 2.05) is 0 Å². The predicted molar refractivity (Wildman–Crippen MR) is 626 cm³/mol. The van der Waals surface area contributed by atoms with Gasteiger partial charge in [0.2, 0.25) is 0 Å². The van der Waals surface area contributed by atoms with Gasteiger partial charge in [-0.3, -0.25) is 0 Å². The van der Waals surface area contributed by atoms with E-state index in [1.165, 1.54) is 294 Å². The lowest BCUT2D eigenvalue weighted by atomic mass is 9.86. The molecule has 0 aliphatic carbocycles. The van der Waals surface area contributed by atoms with E-state index in [0.29, 0.717) is 0 Å². The van der Waals surface area contributed by atoms with Crippen molar-refractivity contribution in [2.24, 2.45) is 0 Å². The van der Waals surface area contributed by atoms with Crippen molar-refractivity contribution in [1.29, 1.82) is 0 Å². The highest BCUT2D eigenvalue weighted by Crippen LogP contribution is 2.40. The molecule has 0 aliphatic heterocycles. The van der Waals surface area contributed by atoms with Crippen molar-refractivity contribution in [3.05, 3.63) is 459 Å². The zero-order chi connectivity index (χ0) is 97.2. The second-order valence-electron chi connectivity index (χ2n) is 41.0. The van der Waals surface area contributed by atoms with Gasteiger partial charge in [-0.2, -0.15) is 0 Å². The van der Waals surface area contributed by atoms with Crippen LogP contribution in [0.25, 0.3) is 89.0 Å². The second kappa shape index (κ2) is 51.2. The molecule has 0 unspecified atom stereocenters. The Bertz CT molecular complexity index is 5930. The molecule has 0 bridgehead atoms. The normalized spacial score (nSPS) is 11.6. The average molecular weight is 1900 g/mol. The first-order chi connectivity index (χ1) is 68.6. The van der Waals surface area contributed by atoms with Gasteiger partial charge < -0.3 is 0 Å². The molecule has 0 atom stereocenters. The third-order valence-corrected chi connectivity index (χ3v) is 42.7. The quantitative estimate of drug-likeness (QED) is 0.0203. The molecule has 0 spiro atoms. The van der Waals surface area contributed by atoms with Crippen LogP contribution in [0.2, 0.25) is 39.3 Å². The Morgan fingerprint density at radius 3 is 0.479 bits per heavy atom. The summed E-state index contributed by atoms with van der Waals surface area (Å²) >= 11 is 0. The van der Waals surface area contributed by atoms with Gasteiger partial charge in [-0.05, 0) is 204 Å². The molecule has 0 saturated heterocycles. The second-order valence-corrected chi connectivity index (χ2v) is 58.7. The minimum absolute atomic E-state index is 1.13. The summed E-state index contributed by atoms with van der Waals surface area (Å²) in [5, 5.41) is 14.2. The molecule has 17 aromatic rings. The van der Waals surface area contributed by atoms with Gasteiger partial charge in [-0.25, -0.2) is 0 Å². The molecule has 0 N–H and O–H groups in total. The summed E-state index contributed by atoms with van der Waals surface area (Å²) in [7, 11) is -7.73. The van der Waals surface area contributed by atoms with E-state index in [9.17, 15) is 0 Å². The Labute approximate surface area is 846 Å². The molecule has 710 valence electrons. The van der Waals surface area contributed by atoms with E-state index < -0.39 is 32.3 Å². The maximum atomic E-state index is 2.58. The van der Waals surface area contributed by atoms with Crippen LogP contribution < -0.4 is 51.9 Å². The molecular formula is C136H150Si4. The Morgan fingerprint density at radius 1 is 0.136 bits per heavy atom. The average Bonchev–Trinajstić information content (AvgIpc) is 0.733.